The molecule has 0 amide bonds. The maximum atomic E-state index is 12.2. The van der Waals surface area contributed by atoms with Gasteiger partial charge >= 0.3 is 6.18 Å². The summed E-state index contributed by atoms with van der Waals surface area (Å²) in [6, 6.07) is 8.39. The van der Waals surface area contributed by atoms with Gasteiger partial charge in [-0.05, 0) is 31.1 Å². The maximum absolute atomic E-state index is 12.2. The smallest absolute Gasteiger partial charge is 0.314 e. The third kappa shape index (κ3) is 8.07. The molecule has 0 bridgehead atoms. The number of hydrogen-bond acceptors (Lipinski definition) is 2. The summed E-state index contributed by atoms with van der Waals surface area (Å²) in [5, 5.41) is 3.36. The van der Waals surface area contributed by atoms with Crippen LogP contribution in [-0.2, 0) is 13.0 Å². The van der Waals surface area contributed by atoms with Gasteiger partial charge in [-0.15, -0.1) is 0 Å². The van der Waals surface area contributed by atoms with Crippen LogP contribution in [0.1, 0.15) is 31.4 Å². The van der Waals surface area contributed by atoms with E-state index in [-0.39, 0.29) is 6.54 Å². The quantitative estimate of drug-likeness (QED) is 0.789. The number of halogens is 3. The van der Waals surface area contributed by atoms with Gasteiger partial charge in [-0.3, -0.25) is 0 Å². The van der Waals surface area contributed by atoms with E-state index in [1.807, 2.05) is 18.2 Å². The Morgan fingerprint density at radius 3 is 2.33 bits per heavy atom. The largest absolute Gasteiger partial charge is 0.390 e. The molecule has 0 saturated carbocycles. The first-order chi connectivity index (χ1) is 9.78. The summed E-state index contributed by atoms with van der Waals surface area (Å²) in [4.78, 5) is 1.72. The fourth-order valence-electron chi connectivity index (χ4n) is 2.14. The van der Waals surface area contributed by atoms with Crippen LogP contribution < -0.4 is 5.32 Å². The SMILES string of the molecule is CC(C)NCCc1ccccc1CN(C)CCC(F)(F)F. The van der Waals surface area contributed by atoms with Crippen molar-refractivity contribution in [2.45, 2.75) is 45.5 Å². The van der Waals surface area contributed by atoms with Gasteiger partial charge in [0, 0.05) is 19.1 Å². The van der Waals surface area contributed by atoms with Crippen LogP contribution in [-0.4, -0.2) is 37.3 Å². The first kappa shape index (κ1) is 18.0. The summed E-state index contributed by atoms with van der Waals surface area (Å²) in [5.74, 6) is 0. The van der Waals surface area contributed by atoms with Gasteiger partial charge in [0.1, 0.15) is 0 Å². The van der Waals surface area contributed by atoms with E-state index < -0.39 is 12.6 Å². The van der Waals surface area contributed by atoms with E-state index in [0.717, 1.165) is 18.5 Å². The second-order valence-corrected chi connectivity index (χ2v) is 5.73. The summed E-state index contributed by atoms with van der Waals surface area (Å²) in [5.41, 5.74) is 2.30. The number of nitrogens with zero attached hydrogens (tertiary/aromatic N) is 1. The normalized spacial score (nSPS) is 12.4. The van der Waals surface area contributed by atoms with E-state index in [4.69, 9.17) is 0 Å². The molecular formula is C16H25F3N2. The minimum Gasteiger partial charge on any atom is -0.314 e. The molecular weight excluding hydrogens is 277 g/mol. The van der Waals surface area contributed by atoms with E-state index in [2.05, 4.69) is 25.2 Å². The minimum atomic E-state index is -4.09. The van der Waals surface area contributed by atoms with Crippen molar-refractivity contribution >= 4 is 0 Å². The van der Waals surface area contributed by atoms with Crippen LogP contribution in [0.4, 0.5) is 13.2 Å². The molecule has 0 aromatic heterocycles. The molecule has 0 aliphatic carbocycles. The van der Waals surface area contributed by atoms with Crippen molar-refractivity contribution < 1.29 is 13.2 Å². The van der Waals surface area contributed by atoms with Crippen molar-refractivity contribution in [1.82, 2.24) is 10.2 Å². The van der Waals surface area contributed by atoms with Crippen molar-refractivity contribution in [2.24, 2.45) is 0 Å². The zero-order chi connectivity index (χ0) is 15.9. The van der Waals surface area contributed by atoms with E-state index in [1.165, 1.54) is 5.56 Å². The zero-order valence-corrected chi connectivity index (χ0v) is 13.0. The number of hydrogen-bond donors (Lipinski definition) is 1. The third-order valence-corrected chi connectivity index (χ3v) is 3.28. The Bertz CT molecular complexity index is 416. The van der Waals surface area contributed by atoms with Gasteiger partial charge < -0.3 is 10.2 Å². The highest BCUT2D eigenvalue weighted by molar-refractivity contribution is 5.27. The average molecular weight is 302 g/mol. The number of benzene rings is 1. The van der Waals surface area contributed by atoms with Crippen LogP contribution in [0.15, 0.2) is 24.3 Å². The Morgan fingerprint density at radius 1 is 1.14 bits per heavy atom. The molecule has 0 fully saturated rings. The van der Waals surface area contributed by atoms with E-state index in [0.29, 0.717) is 12.6 Å². The Labute approximate surface area is 125 Å². The standard InChI is InChI=1S/C16H25F3N2/c1-13(2)20-10-8-14-6-4-5-7-15(14)12-21(3)11-9-16(17,18)19/h4-7,13,20H,8-12H2,1-3H3. The highest BCUT2D eigenvalue weighted by atomic mass is 19.4. The van der Waals surface area contributed by atoms with E-state index in [1.54, 1.807) is 11.9 Å². The second-order valence-electron chi connectivity index (χ2n) is 5.73. The molecule has 1 rings (SSSR count). The molecule has 2 nitrogen and oxygen atoms in total. The second kappa shape index (κ2) is 8.39. The molecule has 120 valence electrons. The van der Waals surface area contributed by atoms with Gasteiger partial charge in [-0.25, -0.2) is 0 Å². The van der Waals surface area contributed by atoms with Gasteiger partial charge in [0.05, 0.1) is 6.42 Å². The molecule has 1 N–H and O–H groups in total. The topological polar surface area (TPSA) is 15.3 Å². The van der Waals surface area contributed by atoms with Crippen LogP contribution in [0.2, 0.25) is 0 Å². The maximum Gasteiger partial charge on any atom is 0.390 e. The number of nitrogens with one attached hydrogen (secondary N) is 1. The fraction of sp³-hybridized carbons (Fsp3) is 0.625. The zero-order valence-electron chi connectivity index (χ0n) is 13.0. The molecule has 0 radical (unpaired) electrons. The molecule has 5 heteroatoms. The van der Waals surface area contributed by atoms with Crippen molar-refractivity contribution in [3.63, 3.8) is 0 Å². The highest BCUT2D eigenvalue weighted by Gasteiger charge is 2.27. The van der Waals surface area contributed by atoms with Gasteiger partial charge in [0.25, 0.3) is 0 Å². The predicted octanol–water partition coefficient (Wildman–Crippen LogP) is 3.61. The minimum absolute atomic E-state index is 0.0298. The van der Waals surface area contributed by atoms with Crippen LogP contribution in [0.3, 0.4) is 0 Å². The predicted molar refractivity (Wildman–Crippen MR) is 80.3 cm³/mol. The first-order valence-electron chi connectivity index (χ1n) is 7.33. The molecule has 1 aromatic carbocycles. The van der Waals surface area contributed by atoms with Gasteiger partial charge in [-0.1, -0.05) is 38.1 Å². The summed E-state index contributed by atoms with van der Waals surface area (Å²) in [6.45, 7) is 5.64. The lowest BCUT2D eigenvalue weighted by atomic mass is 10.0. The Morgan fingerprint density at radius 2 is 1.76 bits per heavy atom. The number of alkyl halides is 3. The molecule has 0 aliphatic rings. The van der Waals surface area contributed by atoms with Crippen molar-refractivity contribution in [3.05, 3.63) is 35.4 Å². The molecule has 0 heterocycles. The highest BCUT2D eigenvalue weighted by Crippen LogP contribution is 2.20. The van der Waals surface area contributed by atoms with Crippen molar-refractivity contribution in [1.29, 1.82) is 0 Å². The number of rotatable bonds is 8. The molecule has 0 saturated heterocycles. The monoisotopic (exact) mass is 302 g/mol. The Hall–Kier alpha value is -1.07. The average Bonchev–Trinajstić information content (AvgIpc) is 2.37. The Kier molecular flexibility index (Phi) is 7.18. The van der Waals surface area contributed by atoms with Crippen LogP contribution >= 0.6 is 0 Å². The lowest BCUT2D eigenvalue weighted by Crippen LogP contribution is -2.26. The lowest BCUT2D eigenvalue weighted by Gasteiger charge is -2.20. The van der Waals surface area contributed by atoms with Crippen molar-refractivity contribution in [3.8, 4) is 0 Å². The summed E-state index contributed by atoms with van der Waals surface area (Å²) < 4.78 is 36.7. The summed E-state index contributed by atoms with van der Waals surface area (Å²) >= 11 is 0. The fourth-order valence-corrected chi connectivity index (χ4v) is 2.14. The van der Waals surface area contributed by atoms with E-state index in [9.17, 15) is 13.2 Å². The van der Waals surface area contributed by atoms with Crippen LogP contribution in [0.25, 0.3) is 0 Å². The van der Waals surface area contributed by atoms with Crippen molar-refractivity contribution in [2.75, 3.05) is 20.1 Å². The van der Waals surface area contributed by atoms with Gasteiger partial charge in [-0.2, -0.15) is 13.2 Å². The molecule has 0 aliphatic heterocycles. The van der Waals surface area contributed by atoms with Crippen LogP contribution in [0, 0.1) is 0 Å². The molecule has 0 atom stereocenters. The lowest BCUT2D eigenvalue weighted by molar-refractivity contribution is -0.137. The van der Waals surface area contributed by atoms with Gasteiger partial charge in [0.2, 0.25) is 0 Å². The summed E-state index contributed by atoms with van der Waals surface area (Å²) in [6.07, 6.45) is -3.96. The molecule has 21 heavy (non-hydrogen) atoms. The first-order valence-corrected chi connectivity index (χ1v) is 7.33. The van der Waals surface area contributed by atoms with Crippen LogP contribution in [0.5, 0.6) is 0 Å². The van der Waals surface area contributed by atoms with Gasteiger partial charge in [0.15, 0.2) is 0 Å². The third-order valence-electron chi connectivity index (χ3n) is 3.28. The Balaban J connectivity index is 2.53. The molecule has 0 unspecified atom stereocenters. The summed E-state index contributed by atoms with van der Waals surface area (Å²) in [7, 11) is 1.73. The molecule has 1 aromatic rings. The molecule has 0 spiro atoms. The van der Waals surface area contributed by atoms with E-state index >= 15 is 0 Å².